The van der Waals surface area contributed by atoms with Gasteiger partial charge in [0.05, 0.1) is 27.0 Å². The number of furan rings is 1. The van der Waals surface area contributed by atoms with Gasteiger partial charge in [0, 0.05) is 32.6 Å². The summed E-state index contributed by atoms with van der Waals surface area (Å²) in [5.41, 5.74) is 3.39. The quantitative estimate of drug-likeness (QED) is 0.395. The first-order chi connectivity index (χ1) is 20.3. The molecule has 10 heteroatoms. The number of methoxy groups -OCH3 is 2. The molecule has 222 valence electrons. The molecular weight excluding hydrogens is 541 g/mol. The molecule has 2 unspecified atom stereocenters. The number of ether oxygens (including phenoxy) is 3. The van der Waals surface area contributed by atoms with Gasteiger partial charge in [-0.3, -0.25) is 4.79 Å². The molecule has 1 fully saturated rings. The Kier molecular flexibility index (Phi) is 8.82. The number of hydrogen-bond donors (Lipinski definition) is 1. The summed E-state index contributed by atoms with van der Waals surface area (Å²) in [6.45, 7) is 5.01. The van der Waals surface area contributed by atoms with Crippen molar-refractivity contribution in [2.45, 2.75) is 25.8 Å². The molecule has 1 saturated heterocycles. The second kappa shape index (κ2) is 12.7. The number of piperazine rings is 1. The highest BCUT2D eigenvalue weighted by Crippen LogP contribution is 2.49. The number of carbonyl (C=O) groups excluding carboxylic acids is 2. The monoisotopic (exact) mass is 577 g/mol. The molecule has 1 aromatic heterocycles. The van der Waals surface area contributed by atoms with Crippen LogP contribution >= 0.6 is 0 Å². The highest BCUT2D eigenvalue weighted by molar-refractivity contribution is 5.90. The van der Waals surface area contributed by atoms with Gasteiger partial charge in [-0.15, -0.1) is 0 Å². The molecule has 2 aromatic carbocycles. The van der Waals surface area contributed by atoms with Crippen molar-refractivity contribution in [3.8, 4) is 17.2 Å². The standard InChI is InChI=1S/C32H36FN3O6/c1-20-25(24-8-7-22(33)17-27(24)26(20)18-30(37)34-19-23-6-5-13-41-23)14-21-15-28(39-3)31(29(16-21)40-4)42-32(38)36-11-9-35(2)10-12-36/h5-8,13-17,20,26H,9-12,18-19H2,1-4H3,(H,34,37). The summed E-state index contributed by atoms with van der Waals surface area (Å²) >= 11 is 0. The van der Waals surface area contributed by atoms with Gasteiger partial charge in [0.2, 0.25) is 11.7 Å². The SMILES string of the molecule is COc1cc(C=C2c3ccc(F)cc3C(CC(=O)NCc3ccco3)C2C)cc(OC)c1OC(=O)N1CCN(C)CC1. The fourth-order valence-corrected chi connectivity index (χ4v) is 5.61. The summed E-state index contributed by atoms with van der Waals surface area (Å²) in [7, 11) is 5.03. The Balaban J connectivity index is 1.40. The van der Waals surface area contributed by atoms with Gasteiger partial charge in [-0.2, -0.15) is 0 Å². The highest BCUT2D eigenvalue weighted by atomic mass is 19.1. The van der Waals surface area contributed by atoms with Crippen LogP contribution < -0.4 is 19.5 Å². The molecule has 0 spiro atoms. The molecule has 1 N–H and O–H groups in total. The number of carbonyl (C=O) groups is 2. The Morgan fingerprint density at radius 3 is 2.43 bits per heavy atom. The maximum absolute atomic E-state index is 14.4. The molecule has 0 radical (unpaired) electrons. The lowest BCUT2D eigenvalue weighted by Crippen LogP contribution is -2.48. The minimum Gasteiger partial charge on any atom is -0.493 e. The zero-order chi connectivity index (χ0) is 29.8. The van der Waals surface area contributed by atoms with E-state index in [0.717, 1.165) is 35.4 Å². The summed E-state index contributed by atoms with van der Waals surface area (Å²) in [5.74, 6) is 0.779. The largest absolute Gasteiger partial charge is 0.493 e. The molecule has 1 aliphatic carbocycles. The van der Waals surface area contributed by atoms with E-state index < -0.39 is 6.09 Å². The zero-order valence-electron chi connectivity index (χ0n) is 24.3. The Bertz CT molecular complexity index is 1440. The highest BCUT2D eigenvalue weighted by Gasteiger charge is 2.35. The lowest BCUT2D eigenvalue weighted by atomic mass is 9.88. The third kappa shape index (κ3) is 6.28. The first kappa shape index (κ1) is 29.2. The predicted molar refractivity (Wildman–Crippen MR) is 156 cm³/mol. The van der Waals surface area contributed by atoms with Crippen LogP contribution in [0.1, 0.15) is 41.7 Å². The maximum atomic E-state index is 14.4. The van der Waals surface area contributed by atoms with E-state index in [1.807, 2.05) is 20.0 Å². The molecule has 0 bridgehead atoms. The number of nitrogens with one attached hydrogen (secondary N) is 1. The van der Waals surface area contributed by atoms with Crippen LogP contribution in [-0.2, 0) is 11.3 Å². The van der Waals surface area contributed by atoms with Gasteiger partial charge >= 0.3 is 6.09 Å². The first-order valence-electron chi connectivity index (χ1n) is 14.0. The van der Waals surface area contributed by atoms with Crippen molar-refractivity contribution in [3.63, 3.8) is 0 Å². The molecule has 2 aliphatic rings. The molecule has 9 nitrogen and oxygen atoms in total. The van der Waals surface area contributed by atoms with Crippen molar-refractivity contribution < 1.29 is 32.6 Å². The molecule has 2 atom stereocenters. The van der Waals surface area contributed by atoms with Crippen molar-refractivity contribution in [2.24, 2.45) is 5.92 Å². The van der Waals surface area contributed by atoms with E-state index in [-0.39, 0.29) is 42.3 Å². The van der Waals surface area contributed by atoms with Gasteiger partial charge in [0.25, 0.3) is 0 Å². The van der Waals surface area contributed by atoms with Gasteiger partial charge in [-0.1, -0.05) is 19.1 Å². The van der Waals surface area contributed by atoms with Crippen molar-refractivity contribution in [2.75, 3.05) is 47.4 Å². The lowest BCUT2D eigenvalue weighted by molar-refractivity contribution is -0.121. The lowest BCUT2D eigenvalue weighted by Gasteiger charge is -2.31. The van der Waals surface area contributed by atoms with E-state index in [2.05, 4.69) is 10.2 Å². The second-order valence-corrected chi connectivity index (χ2v) is 10.7. The fourth-order valence-electron chi connectivity index (χ4n) is 5.61. The van der Waals surface area contributed by atoms with Crippen LogP contribution in [0.15, 0.2) is 53.1 Å². The predicted octanol–water partition coefficient (Wildman–Crippen LogP) is 5.16. The number of fused-ring (bicyclic) bond motifs is 1. The van der Waals surface area contributed by atoms with Gasteiger partial charge < -0.3 is 33.7 Å². The summed E-state index contributed by atoms with van der Waals surface area (Å²) < 4.78 is 36.7. The molecular formula is C32H36FN3O6. The number of rotatable bonds is 8. The molecule has 5 rings (SSSR count). The molecule has 1 aliphatic heterocycles. The first-order valence-corrected chi connectivity index (χ1v) is 14.0. The average Bonchev–Trinajstić information content (AvgIpc) is 3.59. The van der Waals surface area contributed by atoms with Crippen molar-refractivity contribution in [3.05, 3.63) is 77.0 Å². The Morgan fingerprint density at radius 1 is 1.07 bits per heavy atom. The van der Waals surface area contributed by atoms with Crippen molar-refractivity contribution in [1.29, 1.82) is 0 Å². The number of amides is 2. The normalized spacial score (nSPS) is 19.5. The summed E-state index contributed by atoms with van der Waals surface area (Å²) in [6, 6.07) is 11.8. The van der Waals surface area contributed by atoms with Gasteiger partial charge in [0.15, 0.2) is 11.5 Å². The van der Waals surface area contributed by atoms with E-state index in [1.165, 1.54) is 26.4 Å². The summed E-state index contributed by atoms with van der Waals surface area (Å²) in [5, 5.41) is 2.89. The fraction of sp³-hybridized carbons (Fsp3) is 0.375. The summed E-state index contributed by atoms with van der Waals surface area (Å²) in [4.78, 5) is 29.6. The number of hydrogen-bond acceptors (Lipinski definition) is 7. The van der Waals surface area contributed by atoms with Crippen molar-refractivity contribution >= 4 is 23.6 Å². The van der Waals surface area contributed by atoms with Crippen LogP contribution in [0, 0.1) is 11.7 Å². The van der Waals surface area contributed by atoms with E-state index in [0.29, 0.717) is 30.3 Å². The third-order valence-corrected chi connectivity index (χ3v) is 8.02. The molecule has 2 amide bonds. The molecule has 0 saturated carbocycles. The zero-order valence-corrected chi connectivity index (χ0v) is 24.3. The van der Waals surface area contributed by atoms with E-state index in [4.69, 9.17) is 18.6 Å². The van der Waals surface area contributed by atoms with Crippen molar-refractivity contribution in [1.82, 2.24) is 15.1 Å². The van der Waals surface area contributed by atoms with E-state index >= 15 is 0 Å². The smallest absolute Gasteiger partial charge is 0.415 e. The minimum absolute atomic E-state index is 0.0807. The number of likely N-dealkylation sites (N-methyl/N-ethyl adjacent to an activating group) is 1. The average molecular weight is 578 g/mol. The summed E-state index contributed by atoms with van der Waals surface area (Å²) in [6.07, 6.45) is 3.28. The van der Waals surface area contributed by atoms with Crippen LogP contribution in [0.3, 0.4) is 0 Å². The minimum atomic E-state index is -0.459. The second-order valence-electron chi connectivity index (χ2n) is 10.7. The van der Waals surface area contributed by atoms with Crippen LogP contribution in [0.2, 0.25) is 0 Å². The van der Waals surface area contributed by atoms with Crippen LogP contribution in [0.4, 0.5) is 9.18 Å². The van der Waals surface area contributed by atoms with Gasteiger partial charge in [-0.05, 0) is 77.5 Å². The van der Waals surface area contributed by atoms with E-state index in [1.54, 1.807) is 41.5 Å². The molecule has 42 heavy (non-hydrogen) atoms. The number of nitrogens with zero attached hydrogens (tertiary/aromatic N) is 2. The maximum Gasteiger partial charge on any atom is 0.415 e. The Morgan fingerprint density at radius 2 is 1.79 bits per heavy atom. The van der Waals surface area contributed by atoms with Crippen LogP contribution in [-0.4, -0.2) is 69.2 Å². The number of halogens is 1. The Hall–Kier alpha value is -4.31. The molecule has 3 aromatic rings. The third-order valence-electron chi connectivity index (χ3n) is 8.02. The van der Waals surface area contributed by atoms with Crippen LogP contribution in [0.5, 0.6) is 17.2 Å². The number of benzene rings is 2. The van der Waals surface area contributed by atoms with E-state index in [9.17, 15) is 14.0 Å². The number of allylic oxidation sites excluding steroid dienone is 1. The Labute approximate surface area is 244 Å². The molecule has 2 heterocycles. The van der Waals surface area contributed by atoms with Gasteiger partial charge in [0.1, 0.15) is 11.6 Å². The van der Waals surface area contributed by atoms with Gasteiger partial charge in [-0.25, -0.2) is 9.18 Å². The van der Waals surface area contributed by atoms with Crippen LogP contribution in [0.25, 0.3) is 11.6 Å². The topological polar surface area (TPSA) is 93.5 Å².